The maximum Gasteiger partial charge on any atom is 0.238 e. The van der Waals surface area contributed by atoms with E-state index in [9.17, 15) is 4.39 Å². The summed E-state index contributed by atoms with van der Waals surface area (Å²) in [5.74, 6) is 0.182. The first-order chi connectivity index (χ1) is 7.65. The van der Waals surface area contributed by atoms with Crippen molar-refractivity contribution in [2.75, 3.05) is 0 Å². The summed E-state index contributed by atoms with van der Waals surface area (Å²) in [6.45, 7) is 0. The number of hydrogen-bond acceptors (Lipinski definition) is 3. The van der Waals surface area contributed by atoms with Crippen LogP contribution in [0.1, 0.15) is 0 Å². The second-order valence-corrected chi connectivity index (χ2v) is 3.44. The van der Waals surface area contributed by atoms with E-state index in [-0.39, 0.29) is 16.7 Å². The molecule has 0 saturated heterocycles. The molecular weight excluding hydrogens is 233 g/mol. The van der Waals surface area contributed by atoms with Crippen LogP contribution in [0.3, 0.4) is 0 Å². The quantitative estimate of drug-likeness (QED) is 0.874. The van der Waals surface area contributed by atoms with Crippen LogP contribution in [-0.2, 0) is 0 Å². The first kappa shape index (κ1) is 10.7. The van der Waals surface area contributed by atoms with E-state index in [0.29, 0.717) is 5.75 Å². The van der Waals surface area contributed by atoms with Crippen molar-refractivity contribution in [1.82, 2.24) is 4.98 Å². The molecule has 0 atom stereocenters. The zero-order valence-electron chi connectivity index (χ0n) is 8.02. The second kappa shape index (κ2) is 4.37. The van der Waals surface area contributed by atoms with Crippen LogP contribution in [0, 0.1) is 5.82 Å². The van der Waals surface area contributed by atoms with Crippen LogP contribution in [-0.4, -0.2) is 10.1 Å². The van der Waals surface area contributed by atoms with E-state index >= 15 is 0 Å². The Labute approximate surface area is 96.1 Å². The Bertz CT molecular complexity index is 502. The lowest BCUT2D eigenvalue weighted by Crippen LogP contribution is -1.89. The maximum absolute atomic E-state index is 12.7. The molecule has 0 spiro atoms. The molecule has 0 aliphatic heterocycles. The zero-order valence-corrected chi connectivity index (χ0v) is 8.78. The first-order valence-corrected chi connectivity index (χ1v) is 4.81. The number of hydrogen-bond donors (Lipinski definition) is 1. The summed E-state index contributed by atoms with van der Waals surface area (Å²) in [7, 11) is 0. The molecule has 5 heteroatoms. The number of pyridine rings is 1. The third-order valence-corrected chi connectivity index (χ3v) is 2.10. The Kier molecular flexibility index (Phi) is 2.92. The van der Waals surface area contributed by atoms with Crippen molar-refractivity contribution in [3.63, 3.8) is 0 Å². The van der Waals surface area contributed by atoms with Gasteiger partial charge in [-0.05, 0) is 30.3 Å². The number of phenols is 1. The number of aromatic nitrogens is 1. The largest absolute Gasteiger partial charge is 0.508 e. The molecule has 82 valence electrons. The molecule has 3 nitrogen and oxygen atoms in total. The molecule has 1 aromatic carbocycles. The summed E-state index contributed by atoms with van der Waals surface area (Å²) in [4.78, 5) is 3.70. The molecule has 0 bridgehead atoms. The van der Waals surface area contributed by atoms with Gasteiger partial charge in [0.1, 0.15) is 22.3 Å². The Morgan fingerprint density at radius 1 is 1.25 bits per heavy atom. The van der Waals surface area contributed by atoms with Crippen LogP contribution in [0.2, 0.25) is 5.02 Å². The van der Waals surface area contributed by atoms with E-state index < -0.39 is 5.82 Å². The molecule has 0 unspecified atom stereocenters. The third kappa shape index (κ3) is 2.41. The van der Waals surface area contributed by atoms with Gasteiger partial charge >= 0.3 is 0 Å². The zero-order chi connectivity index (χ0) is 11.5. The molecule has 1 heterocycles. The van der Waals surface area contributed by atoms with Crippen LogP contribution in [0.15, 0.2) is 36.5 Å². The summed E-state index contributed by atoms with van der Waals surface area (Å²) in [6.07, 6.45) is 1.02. The van der Waals surface area contributed by atoms with E-state index in [1.807, 2.05) is 0 Å². The summed E-state index contributed by atoms with van der Waals surface area (Å²) < 4.78 is 18.0. The standard InChI is InChI=1S/C11H7ClFNO2/c12-10-5-7(13)6-14-11(10)16-9-3-1-8(15)2-4-9/h1-6,15H. The van der Waals surface area contributed by atoms with Crippen molar-refractivity contribution < 1.29 is 14.2 Å². The number of aromatic hydroxyl groups is 1. The van der Waals surface area contributed by atoms with Gasteiger partial charge < -0.3 is 9.84 Å². The number of nitrogens with zero attached hydrogens (tertiary/aromatic N) is 1. The van der Waals surface area contributed by atoms with Gasteiger partial charge in [-0.2, -0.15) is 0 Å². The van der Waals surface area contributed by atoms with Crippen LogP contribution in [0.4, 0.5) is 4.39 Å². The number of benzene rings is 1. The smallest absolute Gasteiger partial charge is 0.238 e. The van der Waals surface area contributed by atoms with Crippen LogP contribution >= 0.6 is 11.6 Å². The highest BCUT2D eigenvalue weighted by atomic mass is 35.5. The van der Waals surface area contributed by atoms with Gasteiger partial charge in [0.05, 0.1) is 6.20 Å². The highest BCUT2D eigenvalue weighted by molar-refractivity contribution is 6.31. The average molecular weight is 240 g/mol. The monoisotopic (exact) mass is 239 g/mol. The predicted molar refractivity (Wildman–Crippen MR) is 57.4 cm³/mol. The molecule has 2 rings (SSSR count). The van der Waals surface area contributed by atoms with Gasteiger partial charge in [-0.15, -0.1) is 0 Å². The molecule has 0 aliphatic rings. The summed E-state index contributed by atoms with van der Waals surface area (Å²) in [5.41, 5.74) is 0. The summed E-state index contributed by atoms with van der Waals surface area (Å²) >= 11 is 5.73. The molecule has 1 aromatic heterocycles. The van der Waals surface area contributed by atoms with Crippen LogP contribution < -0.4 is 4.74 Å². The Morgan fingerprint density at radius 2 is 1.94 bits per heavy atom. The minimum Gasteiger partial charge on any atom is -0.508 e. The van der Waals surface area contributed by atoms with Crippen molar-refractivity contribution in [3.8, 4) is 17.4 Å². The van der Waals surface area contributed by atoms with Gasteiger partial charge in [-0.3, -0.25) is 0 Å². The average Bonchev–Trinajstić information content (AvgIpc) is 2.25. The van der Waals surface area contributed by atoms with Crippen molar-refractivity contribution in [3.05, 3.63) is 47.4 Å². The molecule has 1 N–H and O–H groups in total. The fourth-order valence-corrected chi connectivity index (χ4v) is 1.29. The molecule has 0 saturated carbocycles. The Morgan fingerprint density at radius 3 is 2.56 bits per heavy atom. The second-order valence-electron chi connectivity index (χ2n) is 3.04. The molecule has 2 aromatic rings. The van der Waals surface area contributed by atoms with Crippen molar-refractivity contribution >= 4 is 11.6 Å². The number of phenolic OH excluding ortho intramolecular Hbond substituents is 1. The number of rotatable bonds is 2. The minimum absolute atomic E-state index is 0.0908. The normalized spacial score (nSPS) is 10.1. The molecular formula is C11H7ClFNO2. The van der Waals surface area contributed by atoms with Crippen molar-refractivity contribution in [2.24, 2.45) is 0 Å². The van der Waals surface area contributed by atoms with Crippen LogP contribution in [0.25, 0.3) is 0 Å². The van der Waals surface area contributed by atoms with Gasteiger partial charge in [0, 0.05) is 0 Å². The molecule has 0 amide bonds. The van der Waals surface area contributed by atoms with Crippen molar-refractivity contribution in [1.29, 1.82) is 0 Å². The van der Waals surface area contributed by atoms with E-state index in [0.717, 1.165) is 12.3 Å². The summed E-state index contributed by atoms with van der Waals surface area (Å²) in [5, 5.41) is 9.16. The van der Waals surface area contributed by atoms with Gasteiger partial charge in [0.25, 0.3) is 0 Å². The third-order valence-electron chi connectivity index (χ3n) is 1.83. The first-order valence-electron chi connectivity index (χ1n) is 4.43. The van der Waals surface area contributed by atoms with E-state index in [2.05, 4.69) is 4.98 Å². The molecule has 16 heavy (non-hydrogen) atoms. The topological polar surface area (TPSA) is 42.4 Å². The number of ether oxygens (including phenoxy) is 1. The van der Waals surface area contributed by atoms with E-state index in [1.165, 1.54) is 12.1 Å². The SMILES string of the molecule is Oc1ccc(Oc2ncc(F)cc2Cl)cc1. The number of halogens is 2. The van der Waals surface area contributed by atoms with Gasteiger partial charge in [-0.25, -0.2) is 9.37 Å². The highest BCUT2D eigenvalue weighted by Gasteiger charge is 2.06. The predicted octanol–water partition coefficient (Wildman–Crippen LogP) is 3.37. The van der Waals surface area contributed by atoms with Gasteiger partial charge in [0.15, 0.2) is 0 Å². The fourth-order valence-electron chi connectivity index (χ4n) is 1.10. The molecule has 0 fully saturated rings. The van der Waals surface area contributed by atoms with Gasteiger partial charge in [0.2, 0.25) is 5.88 Å². The lowest BCUT2D eigenvalue weighted by atomic mass is 10.3. The van der Waals surface area contributed by atoms with E-state index in [4.69, 9.17) is 21.4 Å². The molecule has 0 radical (unpaired) electrons. The van der Waals surface area contributed by atoms with E-state index in [1.54, 1.807) is 12.1 Å². The lowest BCUT2D eigenvalue weighted by Gasteiger charge is -2.05. The molecule has 0 aliphatic carbocycles. The maximum atomic E-state index is 12.7. The van der Waals surface area contributed by atoms with Crippen LogP contribution in [0.5, 0.6) is 17.4 Å². The van der Waals surface area contributed by atoms with Crippen molar-refractivity contribution in [2.45, 2.75) is 0 Å². The summed E-state index contributed by atoms with van der Waals surface area (Å²) in [6, 6.07) is 7.15. The Balaban J connectivity index is 2.23. The highest BCUT2D eigenvalue weighted by Crippen LogP contribution is 2.28. The minimum atomic E-state index is -0.525. The fraction of sp³-hybridized carbons (Fsp3) is 0. The van der Waals surface area contributed by atoms with Gasteiger partial charge in [-0.1, -0.05) is 11.6 Å². The Hall–Kier alpha value is -1.81. The lowest BCUT2D eigenvalue weighted by molar-refractivity contribution is 0.452.